The van der Waals surface area contributed by atoms with Gasteiger partial charge in [0.05, 0.1) is 29.8 Å². The number of hydrogen-bond donors (Lipinski definition) is 0. The van der Waals surface area contributed by atoms with Crippen LogP contribution in [-0.2, 0) is 20.9 Å². The molecular formula is C27H24F3NO3S. The lowest BCUT2D eigenvalue weighted by Gasteiger charge is -2.21. The van der Waals surface area contributed by atoms with Crippen molar-refractivity contribution in [3.63, 3.8) is 0 Å². The van der Waals surface area contributed by atoms with Gasteiger partial charge in [-0.1, -0.05) is 66.2 Å². The molecule has 3 aromatic rings. The summed E-state index contributed by atoms with van der Waals surface area (Å²) < 4.78 is 73.2. The van der Waals surface area contributed by atoms with Crippen molar-refractivity contribution in [2.24, 2.45) is 0 Å². The maximum Gasteiger partial charge on any atom is 0.416 e. The molecule has 8 heteroatoms. The van der Waals surface area contributed by atoms with Crippen LogP contribution in [0.4, 0.5) is 13.2 Å². The average molecular weight is 500 g/mol. The van der Waals surface area contributed by atoms with Gasteiger partial charge in [0.15, 0.2) is 0 Å². The Morgan fingerprint density at radius 2 is 1.51 bits per heavy atom. The van der Waals surface area contributed by atoms with E-state index in [2.05, 4.69) is 0 Å². The molecule has 3 aromatic carbocycles. The predicted octanol–water partition coefficient (Wildman–Crippen LogP) is 6.51. The van der Waals surface area contributed by atoms with Crippen LogP contribution in [0.25, 0.3) is 11.3 Å². The van der Waals surface area contributed by atoms with Crippen molar-refractivity contribution < 1.29 is 26.3 Å². The van der Waals surface area contributed by atoms with E-state index < -0.39 is 21.8 Å². The lowest BCUT2D eigenvalue weighted by atomic mass is 10.0. The van der Waals surface area contributed by atoms with E-state index in [0.717, 1.165) is 23.3 Å². The summed E-state index contributed by atoms with van der Waals surface area (Å²) in [5.41, 5.74) is 2.19. The molecule has 0 unspecified atom stereocenters. The number of aryl methyl sites for hydroxylation is 1. The Morgan fingerprint density at radius 3 is 2.14 bits per heavy atom. The Bertz CT molecular complexity index is 1330. The highest BCUT2D eigenvalue weighted by Gasteiger charge is 2.30. The molecule has 4 nitrogen and oxygen atoms in total. The summed E-state index contributed by atoms with van der Waals surface area (Å²) in [6, 6.07) is 20.6. The van der Waals surface area contributed by atoms with Crippen LogP contribution in [0, 0.1) is 6.92 Å². The van der Waals surface area contributed by atoms with Gasteiger partial charge in [-0.25, -0.2) is 8.42 Å². The number of ether oxygens (including phenoxy) is 1. The molecule has 1 heterocycles. The molecule has 4 rings (SSSR count). The zero-order valence-corrected chi connectivity index (χ0v) is 19.8. The van der Waals surface area contributed by atoms with Gasteiger partial charge >= 0.3 is 6.18 Å². The van der Waals surface area contributed by atoms with Crippen molar-refractivity contribution >= 4 is 21.4 Å². The van der Waals surface area contributed by atoms with Crippen LogP contribution < -0.4 is 0 Å². The molecule has 0 saturated carbocycles. The summed E-state index contributed by atoms with van der Waals surface area (Å²) in [6.07, 6.45) is -0.839. The van der Waals surface area contributed by atoms with E-state index >= 15 is 0 Å². The summed E-state index contributed by atoms with van der Waals surface area (Å²) >= 11 is 0. The second-order valence-electron chi connectivity index (χ2n) is 8.15. The Balaban J connectivity index is 1.73. The smallest absolute Gasteiger partial charge is 0.416 e. The third-order valence-electron chi connectivity index (χ3n) is 5.68. The van der Waals surface area contributed by atoms with Crippen molar-refractivity contribution in [3.05, 3.63) is 113 Å². The highest BCUT2D eigenvalue weighted by Crippen LogP contribution is 2.31. The van der Waals surface area contributed by atoms with Crippen LogP contribution in [0.3, 0.4) is 0 Å². The molecule has 1 aliphatic heterocycles. The van der Waals surface area contributed by atoms with Gasteiger partial charge in [-0.15, -0.1) is 0 Å². The standard InChI is InChI=1S/C27H24F3NO3S/c1-20-7-13-25(14-8-20)35(32,33)31-17-15-22(21-9-11-24(12-10-21)27(28,29)30)16-18-34-26(19-31)23-5-3-2-4-6-23/h2-15,19H,16-18H2,1H3/b22-15+,26-19-. The summed E-state index contributed by atoms with van der Waals surface area (Å²) in [7, 11) is -3.92. The van der Waals surface area contributed by atoms with Crippen LogP contribution >= 0.6 is 0 Å². The second kappa shape index (κ2) is 10.00. The van der Waals surface area contributed by atoms with Gasteiger partial charge in [-0.05, 0) is 42.3 Å². The summed E-state index contributed by atoms with van der Waals surface area (Å²) in [5.74, 6) is 0.392. The zero-order chi connectivity index (χ0) is 25.1. The molecule has 0 aromatic heterocycles. The number of nitrogens with zero attached hydrogens (tertiary/aromatic N) is 1. The number of rotatable bonds is 4. The topological polar surface area (TPSA) is 46.6 Å². The van der Waals surface area contributed by atoms with Crippen LogP contribution in [-0.4, -0.2) is 25.9 Å². The lowest BCUT2D eigenvalue weighted by Crippen LogP contribution is -2.27. The molecular weight excluding hydrogens is 475 g/mol. The third kappa shape index (κ3) is 5.77. The molecule has 0 spiro atoms. The monoisotopic (exact) mass is 499 g/mol. The first-order valence-electron chi connectivity index (χ1n) is 11.0. The Labute approximate surface area is 203 Å². The van der Waals surface area contributed by atoms with Gasteiger partial charge < -0.3 is 4.74 Å². The fourth-order valence-electron chi connectivity index (χ4n) is 3.70. The van der Waals surface area contributed by atoms with Crippen molar-refractivity contribution in [3.8, 4) is 0 Å². The number of alkyl halides is 3. The van der Waals surface area contributed by atoms with Crippen LogP contribution in [0.1, 0.15) is 28.7 Å². The van der Waals surface area contributed by atoms with Crippen molar-refractivity contribution in [1.82, 2.24) is 4.31 Å². The van der Waals surface area contributed by atoms with Crippen LogP contribution in [0.5, 0.6) is 0 Å². The van der Waals surface area contributed by atoms with E-state index in [1.807, 2.05) is 37.3 Å². The molecule has 0 bridgehead atoms. The molecule has 0 amide bonds. The average Bonchev–Trinajstić information content (AvgIpc) is 2.95. The minimum Gasteiger partial charge on any atom is -0.491 e. The number of sulfonamides is 1. The Morgan fingerprint density at radius 1 is 0.857 bits per heavy atom. The normalized spacial score (nSPS) is 18.2. The van der Waals surface area contributed by atoms with Gasteiger partial charge in [0.2, 0.25) is 0 Å². The molecule has 0 radical (unpaired) electrons. The SMILES string of the molecule is Cc1ccc(S(=O)(=O)N2/C=C(/c3ccccc3)OCC/C(c3ccc(C(F)(F)F)cc3)=C\C2)cc1. The zero-order valence-electron chi connectivity index (χ0n) is 19.0. The van der Waals surface area contributed by atoms with Crippen LogP contribution in [0.2, 0.25) is 0 Å². The maximum absolute atomic E-state index is 13.5. The maximum atomic E-state index is 13.5. The van der Waals surface area contributed by atoms with E-state index in [4.69, 9.17) is 4.74 Å². The molecule has 0 aliphatic carbocycles. The minimum atomic E-state index is -4.43. The fraction of sp³-hybridized carbons (Fsp3) is 0.185. The molecule has 0 saturated heterocycles. The first-order chi connectivity index (χ1) is 16.6. The van der Waals surface area contributed by atoms with Gasteiger partial charge in [0.25, 0.3) is 10.0 Å². The minimum absolute atomic E-state index is 0.00768. The molecule has 0 fully saturated rings. The molecule has 1 aliphatic rings. The molecule has 35 heavy (non-hydrogen) atoms. The number of halogens is 3. The quantitative estimate of drug-likeness (QED) is 0.411. The molecule has 182 valence electrons. The lowest BCUT2D eigenvalue weighted by molar-refractivity contribution is -0.137. The van der Waals surface area contributed by atoms with Crippen molar-refractivity contribution in [2.45, 2.75) is 24.4 Å². The van der Waals surface area contributed by atoms with E-state index in [0.29, 0.717) is 23.3 Å². The van der Waals surface area contributed by atoms with Gasteiger partial charge in [-0.3, -0.25) is 4.31 Å². The van der Waals surface area contributed by atoms with Crippen molar-refractivity contribution in [1.29, 1.82) is 0 Å². The van der Waals surface area contributed by atoms with E-state index in [1.54, 1.807) is 30.3 Å². The van der Waals surface area contributed by atoms with Gasteiger partial charge in [0.1, 0.15) is 5.76 Å². The fourth-order valence-corrected chi connectivity index (χ4v) is 4.96. The predicted molar refractivity (Wildman–Crippen MR) is 129 cm³/mol. The third-order valence-corrected chi connectivity index (χ3v) is 7.42. The van der Waals surface area contributed by atoms with E-state index in [9.17, 15) is 21.6 Å². The highest BCUT2D eigenvalue weighted by atomic mass is 32.2. The Hall–Kier alpha value is -3.52. The highest BCUT2D eigenvalue weighted by molar-refractivity contribution is 7.89. The van der Waals surface area contributed by atoms with Crippen LogP contribution in [0.15, 0.2) is 96.0 Å². The van der Waals surface area contributed by atoms with E-state index in [1.165, 1.54) is 22.6 Å². The first-order valence-corrected chi connectivity index (χ1v) is 12.4. The molecule has 0 N–H and O–H groups in total. The second-order valence-corrected chi connectivity index (χ2v) is 10.0. The summed E-state index contributed by atoms with van der Waals surface area (Å²) in [6.45, 7) is 2.09. The molecule has 0 atom stereocenters. The Kier molecular flexibility index (Phi) is 7.03. The van der Waals surface area contributed by atoms with Gasteiger partial charge in [0, 0.05) is 12.0 Å². The van der Waals surface area contributed by atoms with Gasteiger partial charge in [-0.2, -0.15) is 13.2 Å². The number of hydrogen-bond acceptors (Lipinski definition) is 3. The van der Waals surface area contributed by atoms with Crippen molar-refractivity contribution in [2.75, 3.05) is 13.2 Å². The number of benzene rings is 3. The van der Waals surface area contributed by atoms with E-state index in [-0.39, 0.29) is 18.0 Å². The summed E-state index contributed by atoms with van der Waals surface area (Å²) in [4.78, 5) is 0.135. The largest absolute Gasteiger partial charge is 0.491 e. The summed E-state index contributed by atoms with van der Waals surface area (Å²) in [5, 5.41) is 0. The first kappa shape index (κ1) is 24.6.